The van der Waals surface area contributed by atoms with Crippen LogP contribution in [0.2, 0.25) is 0 Å². The highest BCUT2D eigenvalue weighted by molar-refractivity contribution is 5.85. The van der Waals surface area contributed by atoms with Crippen molar-refractivity contribution in [3.05, 3.63) is 59.5 Å². The lowest BCUT2D eigenvalue weighted by Gasteiger charge is -2.21. The smallest absolute Gasteiger partial charge is 0.317 e. The maximum Gasteiger partial charge on any atom is 0.416 e. The molecule has 144 valence electrons. The summed E-state index contributed by atoms with van der Waals surface area (Å²) in [5.41, 5.74) is 1.32. The predicted molar refractivity (Wildman–Crippen MR) is 98.1 cm³/mol. The van der Waals surface area contributed by atoms with Gasteiger partial charge in [0.1, 0.15) is 5.82 Å². The number of nitrogens with one attached hydrogen (secondary N) is 1. The molecule has 4 rings (SSSR count). The second kappa shape index (κ2) is 7.48. The van der Waals surface area contributed by atoms with Gasteiger partial charge in [0.2, 0.25) is 0 Å². The van der Waals surface area contributed by atoms with Crippen molar-refractivity contribution in [2.45, 2.75) is 24.9 Å². The minimum Gasteiger partial charge on any atom is -0.317 e. The molecule has 0 bridgehead atoms. The Morgan fingerprint density at radius 2 is 1.67 bits per heavy atom. The highest BCUT2D eigenvalue weighted by Crippen LogP contribution is 2.34. The Morgan fingerprint density at radius 3 is 2.30 bits per heavy atom. The largest absolute Gasteiger partial charge is 0.416 e. The molecule has 0 radical (unpaired) electrons. The molecular formula is C19H18ClF4N3. The predicted octanol–water partition coefficient (Wildman–Crippen LogP) is 5.07. The molecule has 0 aliphatic carbocycles. The van der Waals surface area contributed by atoms with E-state index in [-0.39, 0.29) is 24.1 Å². The van der Waals surface area contributed by atoms with Crippen LogP contribution in [0.4, 0.5) is 17.6 Å². The molecule has 1 aliphatic rings. The van der Waals surface area contributed by atoms with E-state index in [1.165, 1.54) is 24.3 Å². The van der Waals surface area contributed by atoms with Crippen LogP contribution in [-0.4, -0.2) is 22.9 Å². The van der Waals surface area contributed by atoms with Gasteiger partial charge in [0.15, 0.2) is 0 Å². The first-order chi connectivity index (χ1) is 12.4. The number of nitrogens with zero attached hydrogens (tertiary/aromatic N) is 2. The average molecular weight is 400 g/mol. The molecule has 0 saturated carbocycles. The quantitative estimate of drug-likeness (QED) is 0.609. The highest BCUT2D eigenvalue weighted by Gasteiger charge is 2.30. The number of benzene rings is 2. The summed E-state index contributed by atoms with van der Waals surface area (Å²) in [6, 6.07) is 9.29. The first-order valence-electron chi connectivity index (χ1n) is 8.50. The molecule has 1 N–H and O–H groups in total. The number of alkyl halides is 3. The lowest BCUT2D eigenvalue weighted by atomic mass is 9.92. The molecule has 1 fully saturated rings. The second-order valence-electron chi connectivity index (χ2n) is 6.53. The van der Waals surface area contributed by atoms with E-state index in [0.717, 1.165) is 49.1 Å². The molecule has 3 nitrogen and oxygen atoms in total. The maximum absolute atomic E-state index is 13.8. The van der Waals surface area contributed by atoms with Crippen LogP contribution in [0, 0.1) is 5.82 Å². The van der Waals surface area contributed by atoms with E-state index in [2.05, 4.69) is 10.4 Å². The summed E-state index contributed by atoms with van der Waals surface area (Å²) in [7, 11) is 0. The van der Waals surface area contributed by atoms with Crippen molar-refractivity contribution in [2.24, 2.45) is 0 Å². The lowest BCUT2D eigenvalue weighted by Crippen LogP contribution is -2.27. The third-order valence-corrected chi connectivity index (χ3v) is 4.84. The second-order valence-corrected chi connectivity index (χ2v) is 6.53. The van der Waals surface area contributed by atoms with Crippen LogP contribution in [0.3, 0.4) is 0 Å². The van der Waals surface area contributed by atoms with Gasteiger partial charge in [-0.3, -0.25) is 0 Å². The summed E-state index contributed by atoms with van der Waals surface area (Å²) < 4.78 is 53.8. The van der Waals surface area contributed by atoms with Crippen molar-refractivity contribution in [3.63, 3.8) is 0 Å². The number of hydrogen-bond donors (Lipinski definition) is 1. The Hall–Kier alpha value is -2.12. The summed E-state index contributed by atoms with van der Waals surface area (Å²) in [6.07, 6.45) is -2.58. The third-order valence-electron chi connectivity index (χ3n) is 4.84. The molecule has 1 aliphatic heterocycles. The number of aromatic nitrogens is 2. The maximum atomic E-state index is 13.8. The van der Waals surface area contributed by atoms with Crippen LogP contribution in [-0.2, 0) is 6.18 Å². The first kappa shape index (κ1) is 19.6. The minimum atomic E-state index is -4.38. The van der Waals surface area contributed by atoms with Gasteiger partial charge < -0.3 is 5.32 Å². The summed E-state index contributed by atoms with van der Waals surface area (Å²) in [5, 5.41) is 8.66. The fourth-order valence-electron chi connectivity index (χ4n) is 3.50. The summed E-state index contributed by atoms with van der Waals surface area (Å²) in [6.45, 7) is 1.74. The molecule has 2 aromatic carbocycles. The molecular weight excluding hydrogens is 382 g/mol. The average Bonchev–Trinajstić information content (AvgIpc) is 3.00. The normalized spacial score (nSPS) is 15.7. The van der Waals surface area contributed by atoms with E-state index in [4.69, 9.17) is 0 Å². The van der Waals surface area contributed by atoms with Crippen molar-refractivity contribution >= 4 is 23.3 Å². The molecule has 3 aromatic rings. The molecule has 1 saturated heterocycles. The van der Waals surface area contributed by atoms with Gasteiger partial charge in [-0.2, -0.15) is 18.3 Å². The number of piperidine rings is 1. The van der Waals surface area contributed by atoms with Crippen LogP contribution in [0.15, 0.2) is 42.5 Å². The Morgan fingerprint density at radius 1 is 1.00 bits per heavy atom. The molecule has 27 heavy (non-hydrogen) atoms. The highest BCUT2D eigenvalue weighted by atomic mass is 35.5. The lowest BCUT2D eigenvalue weighted by molar-refractivity contribution is -0.137. The number of halogens is 5. The van der Waals surface area contributed by atoms with Gasteiger partial charge >= 0.3 is 6.18 Å². The first-order valence-corrected chi connectivity index (χ1v) is 8.50. The SMILES string of the molecule is Cl.Fc1ccc2c(c1)c(C1CCNCC1)nn2-c1ccc(C(F)(F)F)cc1. The molecule has 0 atom stereocenters. The van der Waals surface area contributed by atoms with Crippen LogP contribution in [0.1, 0.15) is 30.0 Å². The van der Waals surface area contributed by atoms with Crippen molar-refractivity contribution in [3.8, 4) is 5.69 Å². The monoisotopic (exact) mass is 399 g/mol. The van der Waals surface area contributed by atoms with E-state index in [1.54, 1.807) is 10.7 Å². The van der Waals surface area contributed by atoms with Crippen molar-refractivity contribution in [1.82, 2.24) is 15.1 Å². The fourth-order valence-corrected chi connectivity index (χ4v) is 3.50. The zero-order valence-corrected chi connectivity index (χ0v) is 15.1. The number of fused-ring (bicyclic) bond motifs is 1. The van der Waals surface area contributed by atoms with Gasteiger partial charge in [-0.25, -0.2) is 9.07 Å². The minimum absolute atomic E-state index is 0. The van der Waals surface area contributed by atoms with Gasteiger partial charge in [0.25, 0.3) is 0 Å². The Kier molecular flexibility index (Phi) is 5.44. The van der Waals surface area contributed by atoms with Crippen LogP contribution in [0.25, 0.3) is 16.6 Å². The van der Waals surface area contributed by atoms with Gasteiger partial charge in [-0.1, -0.05) is 0 Å². The van der Waals surface area contributed by atoms with Crippen LogP contribution >= 0.6 is 12.4 Å². The van der Waals surface area contributed by atoms with Gasteiger partial charge in [-0.05, 0) is 68.4 Å². The molecule has 0 unspecified atom stereocenters. The summed E-state index contributed by atoms with van der Waals surface area (Å²) in [5.74, 6) is -0.143. The molecule has 0 spiro atoms. The van der Waals surface area contributed by atoms with Crippen molar-refractivity contribution in [1.29, 1.82) is 0 Å². The van der Waals surface area contributed by atoms with Gasteiger partial charge in [0.05, 0.1) is 22.5 Å². The standard InChI is InChI=1S/C19H17F4N3.ClH/c20-14-3-6-17-16(11-14)18(12-7-9-24-10-8-12)25-26(17)15-4-1-13(2-5-15)19(21,22)23;/h1-6,11-12,24H,7-10H2;1H. The van der Waals surface area contributed by atoms with Gasteiger partial charge in [-0.15, -0.1) is 12.4 Å². The summed E-state index contributed by atoms with van der Waals surface area (Å²) >= 11 is 0. The van der Waals surface area contributed by atoms with Crippen LogP contribution in [0.5, 0.6) is 0 Å². The molecule has 2 heterocycles. The number of hydrogen-bond acceptors (Lipinski definition) is 2. The molecule has 1 aromatic heterocycles. The molecule has 0 amide bonds. The van der Waals surface area contributed by atoms with Gasteiger partial charge in [0, 0.05) is 11.3 Å². The molecule has 8 heteroatoms. The van der Waals surface area contributed by atoms with E-state index < -0.39 is 11.7 Å². The Labute approximate surface area is 159 Å². The number of rotatable bonds is 2. The van der Waals surface area contributed by atoms with E-state index in [9.17, 15) is 17.6 Å². The zero-order chi connectivity index (χ0) is 18.3. The van der Waals surface area contributed by atoms with Crippen molar-refractivity contribution < 1.29 is 17.6 Å². The zero-order valence-electron chi connectivity index (χ0n) is 14.3. The van der Waals surface area contributed by atoms with Crippen LogP contribution < -0.4 is 5.32 Å². The van der Waals surface area contributed by atoms with E-state index >= 15 is 0 Å². The Bertz CT molecular complexity index is 929. The third kappa shape index (κ3) is 3.80. The topological polar surface area (TPSA) is 29.9 Å². The van der Waals surface area contributed by atoms with E-state index in [1.807, 2.05) is 0 Å². The fraction of sp³-hybridized carbons (Fsp3) is 0.316. The van der Waals surface area contributed by atoms with E-state index in [0.29, 0.717) is 11.2 Å². The van der Waals surface area contributed by atoms with Crippen molar-refractivity contribution in [2.75, 3.05) is 13.1 Å². The summed E-state index contributed by atoms with van der Waals surface area (Å²) in [4.78, 5) is 0. The Balaban J connectivity index is 0.00000210.